The fourth-order valence-electron chi connectivity index (χ4n) is 0.225. The van der Waals surface area contributed by atoms with Crippen molar-refractivity contribution >= 4 is 23.9 Å². The minimum absolute atomic E-state index is 0. The summed E-state index contributed by atoms with van der Waals surface area (Å²) in [4.78, 5) is 19.2. The van der Waals surface area contributed by atoms with Crippen LogP contribution < -0.4 is 11.7 Å². The van der Waals surface area contributed by atoms with Gasteiger partial charge in [0.2, 0.25) is 0 Å². The maximum Gasteiger partial charge on any atom is 0.324 e. The van der Waals surface area contributed by atoms with E-state index in [2.05, 4.69) is 17.0 Å². The van der Waals surface area contributed by atoms with E-state index in [0.717, 1.165) is 5.01 Å². The van der Waals surface area contributed by atoms with Crippen LogP contribution in [0.15, 0.2) is 5.29 Å². The third kappa shape index (κ3) is 17.6. The zero-order valence-electron chi connectivity index (χ0n) is 5.97. The number of nitrogens with two attached hydrogens (primary N) is 2. The summed E-state index contributed by atoms with van der Waals surface area (Å²) in [7, 11) is 1.29. The number of carboxylic acids is 1. The van der Waals surface area contributed by atoms with Crippen LogP contribution in [-0.2, 0) is 4.79 Å². The molecule has 0 heterocycles. The largest absolute Gasteiger partial charge is 0.480 e. The number of carboxylic acid groups (broad SMARTS) is 1. The quantitative estimate of drug-likeness (QED) is 0.223. The first-order chi connectivity index (χ1) is 4.66. The normalized spacial score (nSPS) is 6.45. The monoisotopic (exact) mass is 225 g/mol. The second-order valence-corrected chi connectivity index (χ2v) is 1.29. The molecule has 0 saturated heterocycles. The first-order valence-corrected chi connectivity index (χ1v) is 2.26. The Morgan fingerprint density at radius 3 is 2.09 bits per heavy atom. The van der Waals surface area contributed by atoms with Crippen molar-refractivity contribution in [1.29, 1.82) is 0 Å². The second kappa shape index (κ2) is 12.1. The zero-order chi connectivity index (χ0) is 8.57. The second-order valence-electron chi connectivity index (χ2n) is 1.29. The smallest absolute Gasteiger partial charge is 0.324 e. The van der Waals surface area contributed by atoms with Crippen molar-refractivity contribution in [3.8, 4) is 0 Å². The molecule has 0 unspecified atom stereocenters. The van der Waals surface area contributed by atoms with Crippen LogP contribution in [0.4, 0.5) is 0 Å². The zero-order valence-corrected chi connectivity index (χ0v) is 7.84. The Labute approximate surface area is 74.9 Å². The topological polar surface area (TPSA) is 122 Å². The van der Waals surface area contributed by atoms with Gasteiger partial charge in [0.15, 0.2) is 0 Å². The van der Waals surface area contributed by atoms with E-state index < -0.39 is 5.97 Å². The molecule has 0 aromatic heterocycles. The third-order valence-corrected chi connectivity index (χ3v) is 0.503. The summed E-state index contributed by atoms with van der Waals surface area (Å²) < 4.78 is 0. The minimum Gasteiger partial charge on any atom is -0.480 e. The number of carbonyl (C=O) groups is 1. The molecule has 0 aliphatic heterocycles. The van der Waals surface area contributed by atoms with Gasteiger partial charge in [-0.15, -0.1) is 4.91 Å². The average molecular weight is 225 g/mol. The number of nitroso groups, excluding NO2 is 1. The van der Waals surface area contributed by atoms with Gasteiger partial charge < -0.3 is 5.11 Å². The van der Waals surface area contributed by atoms with Crippen LogP contribution in [0.25, 0.3) is 0 Å². The van der Waals surface area contributed by atoms with Crippen molar-refractivity contribution in [2.75, 3.05) is 13.6 Å². The summed E-state index contributed by atoms with van der Waals surface area (Å²) in [6, 6.07) is 0. The molecule has 5 N–H and O–H groups in total. The SMILES string of the molecule is CN(CC(=O)O)N=O.NN.[As]. The molecule has 3 radical (unpaired) electrons. The van der Waals surface area contributed by atoms with Crippen molar-refractivity contribution in [2.24, 2.45) is 17.0 Å². The molecule has 0 aliphatic carbocycles. The van der Waals surface area contributed by atoms with Gasteiger partial charge in [-0.3, -0.25) is 21.5 Å². The van der Waals surface area contributed by atoms with Crippen molar-refractivity contribution in [2.45, 2.75) is 0 Å². The molecule has 8 heteroatoms. The Kier molecular flexibility index (Phi) is 18.4. The third-order valence-electron chi connectivity index (χ3n) is 0.503. The molecule has 0 rings (SSSR count). The van der Waals surface area contributed by atoms with Crippen LogP contribution in [0.5, 0.6) is 0 Å². The van der Waals surface area contributed by atoms with Gasteiger partial charge in [-0.25, -0.2) is 0 Å². The Hall–Kier alpha value is -0.652. The van der Waals surface area contributed by atoms with Crippen molar-refractivity contribution in [3.63, 3.8) is 0 Å². The summed E-state index contributed by atoms with van der Waals surface area (Å²) >= 11 is 0. The molecule has 0 bridgehead atoms. The molecule has 0 spiro atoms. The standard InChI is InChI=1S/C3H6N2O3.As.H4N2/c1-5(4-8)2-3(6)7;;1-2/h2H2,1H3,(H,6,7);;1-2H2. The van der Waals surface area contributed by atoms with E-state index in [0.29, 0.717) is 0 Å². The Morgan fingerprint density at radius 1 is 1.64 bits per heavy atom. The van der Waals surface area contributed by atoms with Gasteiger partial charge in [0.05, 0.1) is 5.29 Å². The van der Waals surface area contributed by atoms with Crippen LogP contribution in [-0.4, -0.2) is 47.6 Å². The fourth-order valence-corrected chi connectivity index (χ4v) is 0.225. The summed E-state index contributed by atoms with van der Waals surface area (Å²) in [6.45, 7) is -0.344. The molecule has 11 heavy (non-hydrogen) atoms. The van der Waals surface area contributed by atoms with E-state index >= 15 is 0 Å². The van der Waals surface area contributed by atoms with E-state index in [1.165, 1.54) is 7.05 Å². The summed E-state index contributed by atoms with van der Waals surface area (Å²) in [5.74, 6) is 6.94. The number of hydrogen-bond donors (Lipinski definition) is 3. The van der Waals surface area contributed by atoms with Crippen molar-refractivity contribution < 1.29 is 9.90 Å². The van der Waals surface area contributed by atoms with E-state index in [4.69, 9.17) is 5.11 Å². The number of likely N-dealkylation sites (N-methyl/N-ethyl adjacent to an activating group) is 1. The van der Waals surface area contributed by atoms with Gasteiger partial charge in [0, 0.05) is 25.0 Å². The van der Waals surface area contributed by atoms with Crippen LogP contribution in [0.2, 0.25) is 0 Å². The van der Waals surface area contributed by atoms with Crippen LogP contribution in [0.1, 0.15) is 0 Å². The van der Waals surface area contributed by atoms with Crippen LogP contribution in [0, 0.1) is 4.91 Å². The van der Waals surface area contributed by atoms with Gasteiger partial charge in [-0.2, -0.15) is 0 Å². The number of rotatable bonds is 3. The Balaban J connectivity index is -0.000000196. The molecule has 0 aliphatic rings. The molecule has 65 valence electrons. The van der Waals surface area contributed by atoms with E-state index in [1.54, 1.807) is 0 Å². The number of aliphatic carboxylic acids is 1. The molecule has 0 aromatic rings. The molecule has 0 atom stereocenters. The summed E-state index contributed by atoms with van der Waals surface area (Å²) in [5.41, 5.74) is 0. The van der Waals surface area contributed by atoms with Gasteiger partial charge in [-0.1, -0.05) is 0 Å². The molecular formula is C3H10AsN4O3. The van der Waals surface area contributed by atoms with Crippen LogP contribution in [0.3, 0.4) is 0 Å². The van der Waals surface area contributed by atoms with Gasteiger partial charge in [0.25, 0.3) is 0 Å². The van der Waals surface area contributed by atoms with E-state index in [9.17, 15) is 9.70 Å². The predicted molar refractivity (Wildman–Crippen MR) is 40.2 cm³/mol. The van der Waals surface area contributed by atoms with Crippen molar-refractivity contribution in [3.05, 3.63) is 4.91 Å². The number of hydrazine groups is 1. The fraction of sp³-hybridized carbons (Fsp3) is 0.667. The minimum atomic E-state index is -1.06. The van der Waals surface area contributed by atoms with E-state index in [1.807, 2.05) is 0 Å². The number of nitrogens with zero attached hydrogens (tertiary/aromatic N) is 2. The number of hydrogen-bond acceptors (Lipinski definition) is 5. The van der Waals surface area contributed by atoms with Crippen molar-refractivity contribution in [1.82, 2.24) is 5.01 Å². The van der Waals surface area contributed by atoms with Crippen LogP contribution >= 0.6 is 0 Å². The molecule has 0 amide bonds. The maximum absolute atomic E-state index is 9.73. The maximum atomic E-state index is 9.73. The van der Waals surface area contributed by atoms with Gasteiger partial charge in [-0.05, 0) is 0 Å². The van der Waals surface area contributed by atoms with Gasteiger partial charge >= 0.3 is 5.97 Å². The summed E-state index contributed by atoms with van der Waals surface area (Å²) in [6.07, 6.45) is 0. The Morgan fingerprint density at radius 2 is 2.00 bits per heavy atom. The van der Waals surface area contributed by atoms with E-state index in [-0.39, 0.29) is 24.5 Å². The first kappa shape index (κ1) is 16.7. The van der Waals surface area contributed by atoms with Gasteiger partial charge in [0.1, 0.15) is 6.54 Å². The molecule has 7 nitrogen and oxygen atoms in total. The molecule has 0 fully saturated rings. The first-order valence-electron chi connectivity index (χ1n) is 2.26. The molecular weight excluding hydrogens is 215 g/mol. The molecule has 0 aromatic carbocycles. The predicted octanol–water partition coefficient (Wildman–Crippen LogP) is -1.88. The average Bonchev–Trinajstić information content (AvgIpc) is 1.91. The molecule has 0 saturated carbocycles. The Bertz CT molecular complexity index is 111. The summed E-state index contributed by atoms with van der Waals surface area (Å²) in [5, 5.41) is 11.1.